The fourth-order valence-electron chi connectivity index (χ4n) is 2.28. The van der Waals surface area contributed by atoms with E-state index in [0.29, 0.717) is 0 Å². The van der Waals surface area contributed by atoms with Gasteiger partial charge in [-0.25, -0.2) is 4.79 Å². The predicted molar refractivity (Wildman–Crippen MR) is 85.3 cm³/mol. The second-order valence-corrected chi connectivity index (χ2v) is 6.59. The first-order chi connectivity index (χ1) is 11.5. The Labute approximate surface area is 147 Å². The Hall–Kier alpha value is -1.87. The summed E-state index contributed by atoms with van der Waals surface area (Å²) < 4.78 is 26.2. The quantitative estimate of drug-likeness (QED) is 0.570. The molecule has 0 bridgehead atoms. The molecule has 1 radical (unpaired) electrons. The first kappa shape index (κ1) is 21.2. The topological polar surface area (TPSA) is 109 Å². The number of carbonyl (C=O) groups excluding carboxylic acids is 3. The number of hydrogen-bond donors (Lipinski definition) is 1. The van der Waals surface area contributed by atoms with Gasteiger partial charge in [-0.2, -0.15) is 0 Å². The van der Waals surface area contributed by atoms with Gasteiger partial charge in [-0.1, -0.05) is 0 Å². The number of ether oxygens (including phenoxy) is 5. The zero-order valence-electron chi connectivity index (χ0n) is 15.4. The summed E-state index contributed by atoms with van der Waals surface area (Å²) in [4.78, 5) is 34.9. The lowest BCUT2D eigenvalue weighted by Crippen LogP contribution is -2.61. The molecule has 0 aromatic heterocycles. The minimum absolute atomic E-state index is 0.103. The molecular weight excluding hydrogens is 334 g/mol. The van der Waals surface area contributed by atoms with Crippen LogP contribution < -0.4 is 5.32 Å². The molecule has 1 saturated heterocycles. The van der Waals surface area contributed by atoms with Gasteiger partial charge in [0, 0.05) is 21.0 Å². The summed E-state index contributed by atoms with van der Waals surface area (Å²) in [7, 11) is 1.46. The predicted octanol–water partition coefficient (Wildman–Crippen LogP) is 0.950. The van der Waals surface area contributed by atoms with Crippen molar-refractivity contribution in [3.8, 4) is 0 Å². The Morgan fingerprint density at radius 1 is 1.08 bits per heavy atom. The van der Waals surface area contributed by atoms with Crippen molar-refractivity contribution < 1.29 is 38.1 Å². The lowest BCUT2D eigenvalue weighted by molar-refractivity contribution is -0.195. The highest BCUT2D eigenvalue weighted by molar-refractivity contribution is 5.69. The lowest BCUT2D eigenvalue weighted by Gasteiger charge is -2.40. The number of amides is 1. The molecule has 1 aliphatic heterocycles. The highest BCUT2D eigenvalue weighted by atomic mass is 16.6. The fraction of sp³-hybridized carbons (Fsp3) is 0.750. The van der Waals surface area contributed by atoms with E-state index >= 15 is 0 Å². The van der Waals surface area contributed by atoms with Crippen molar-refractivity contribution in [2.24, 2.45) is 0 Å². The summed E-state index contributed by atoms with van der Waals surface area (Å²) in [6, 6.07) is -0.865. The maximum atomic E-state index is 12.0. The third kappa shape index (κ3) is 7.27. The molecule has 0 unspecified atom stereocenters. The van der Waals surface area contributed by atoms with Crippen LogP contribution in [0.15, 0.2) is 0 Å². The molecule has 0 aromatic rings. The van der Waals surface area contributed by atoms with Crippen LogP contribution in [0, 0.1) is 6.61 Å². The van der Waals surface area contributed by atoms with Crippen LogP contribution in [-0.4, -0.2) is 61.7 Å². The second kappa shape index (κ2) is 9.00. The molecule has 1 fully saturated rings. The summed E-state index contributed by atoms with van der Waals surface area (Å²) in [6.45, 7) is 9.00. The van der Waals surface area contributed by atoms with E-state index in [-0.39, 0.29) is 6.61 Å². The zero-order chi connectivity index (χ0) is 19.2. The molecule has 9 nitrogen and oxygen atoms in total. The van der Waals surface area contributed by atoms with Crippen molar-refractivity contribution in [1.29, 1.82) is 0 Å². The molecule has 0 saturated carbocycles. The second-order valence-electron chi connectivity index (χ2n) is 6.59. The average Bonchev–Trinajstić information content (AvgIpc) is 2.42. The molecule has 1 N–H and O–H groups in total. The van der Waals surface area contributed by atoms with Crippen molar-refractivity contribution in [1.82, 2.24) is 5.32 Å². The van der Waals surface area contributed by atoms with E-state index in [4.69, 9.17) is 23.7 Å². The lowest BCUT2D eigenvalue weighted by atomic mass is 9.97. The molecule has 1 amide bonds. The van der Waals surface area contributed by atoms with Crippen LogP contribution in [-0.2, 0) is 33.3 Å². The van der Waals surface area contributed by atoms with Gasteiger partial charge in [0.15, 0.2) is 12.2 Å². The molecular formula is C16H26NO8. The van der Waals surface area contributed by atoms with E-state index in [1.165, 1.54) is 27.6 Å². The SMILES string of the molecule is COC[C@H]1O[CH][C@@H](NC(=O)OC(C)(C)C)[C@@H](OC(C)=O)[C@@H]1OC(C)=O. The van der Waals surface area contributed by atoms with E-state index in [0.717, 1.165) is 0 Å². The van der Waals surface area contributed by atoms with Gasteiger partial charge < -0.3 is 29.0 Å². The monoisotopic (exact) mass is 360 g/mol. The summed E-state index contributed by atoms with van der Waals surface area (Å²) in [5.41, 5.74) is -0.704. The standard InChI is InChI=1S/C16H26NO8/c1-9(18)23-13-11(17-15(20)25-16(3,4)5)7-22-12(8-21-6)14(13)24-10(2)19/h7,11-14H,8H2,1-6H3,(H,17,20)/t11-,12-,13-,14-/m1/s1. The molecule has 0 aromatic carbocycles. The maximum absolute atomic E-state index is 12.0. The first-order valence-corrected chi connectivity index (χ1v) is 7.85. The van der Waals surface area contributed by atoms with Crippen molar-refractivity contribution in [2.45, 2.75) is 64.6 Å². The Kier molecular flexibility index (Phi) is 7.62. The Morgan fingerprint density at radius 3 is 2.12 bits per heavy atom. The van der Waals surface area contributed by atoms with Crippen LogP contribution in [0.2, 0.25) is 0 Å². The van der Waals surface area contributed by atoms with Crippen LogP contribution in [0.5, 0.6) is 0 Å². The fourth-order valence-corrected chi connectivity index (χ4v) is 2.28. The molecule has 0 spiro atoms. The summed E-state index contributed by atoms with van der Waals surface area (Å²) in [6.07, 6.45) is -3.34. The van der Waals surface area contributed by atoms with E-state index in [1.54, 1.807) is 20.8 Å². The van der Waals surface area contributed by atoms with Crippen molar-refractivity contribution >= 4 is 18.0 Å². The minimum Gasteiger partial charge on any atom is -0.456 e. The van der Waals surface area contributed by atoms with Crippen molar-refractivity contribution in [2.75, 3.05) is 13.7 Å². The number of methoxy groups -OCH3 is 1. The molecule has 143 valence electrons. The number of nitrogens with one attached hydrogen (secondary N) is 1. The van der Waals surface area contributed by atoms with Gasteiger partial charge in [0.05, 0.1) is 6.61 Å². The number of carbonyl (C=O) groups is 3. The maximum Gasteiger partial charge on any atom is 0.408 e. The zero-order valence-corrected chi connectivity index (χ0v) is 15.4. The van der Waals surface area contributed by atoms with E-state index in [1.807, 2.05) is 0 Å². The number of alkyl carbamates (subject to hydrolysis) is 1. The minimum atomic E-state index is -0.984. The van der Waals surface area contributed by atoms with Crippen LogP contribution in [0.4, 0.5) is 4.79 Å². The van der Waals surface area contributed by atoms with Gasteiger partial charge in [-0.05, 0) is 20.8 Å². The van der Waals surface area contributed by atoms with E-state index in [9.17, 15) is 14.4 Å². The van der Waals surface area contributed by atoms with Crippen molar-refractivity contribution in [3.05, 3.63) is 6.61 Å². The van der Waals surface area contributed by atoms with E-state index < -0.39 is 48.0 Å². The Balaban J connectivity index is 2.96. The highest BCUT2D eigenvalue weighted by Crippen LogP contribution is 2.25. The molecule has 1 heterocycles. The van der Waals surface area contributed by atoms with Gasteiger partial charge in [0.2, 0.25) is 0 Å². The Morgan fingerprint density at radius 2 is 1.64 bits per heavy atom. The molecule has 9 heteroatoms. The highest BCUT2D eigenvalue weighted by Gasteiger charge is 2.46. The third-order valence-electron chi connectivity index (χ3n) is 3.06. The van der Waals surface area contributed by atoms with Gasteiger partial charge in [0.25, 0.3) is 0 Å². The van der Waals surface area contributed by atoms with Gasteiger partial charge in [-0.15, -0.1) is 0 Å². The molecule has 1 aliphatic rings. The summed E-state index contributed by atoms with van der Waals surface area (Å²) in [5.74, 6) is -1.17. The normalized spacial score (nSPS) is 26.5. The van der Waals surface area contributed by atoms with Crippen molar-refractivity contribution in [3.63, 3.8) is 0 Å². The summed E-state index contributed by atoms with van der Waals surface area (Å²) >= 11 is 0. The Bertz CT molecular complexity index is 487. The van der Waals surface area contributed by atoms with Crippen LogP contribution in [0.1, 0.15) is 34.6 Å². The van der Waals surface area contributed by atoms with E-state index in [2.05, 4.69) is 5.32 Å². The third-order valence-corrected chi connectivity index (χ3v) is 3.06. The van der Waals surface area contributed by atoms with Crippen LogP contribution >= 0.6 is 0 Å². The van der Waals surface area contributed by atoms with Crippen LogP contribution in [0.3, 0.4) is 0 Å². The van der Waals surface area contributed by atoms with Gasteiger partial charge in [0.1, 0.15) is 24.4 Å². The van der Waals surface area contributed by atoms with Crippen LogP contribution in [0.25, 0.3) is 0 Å². The molecule has 0 aliphatic carbocycles. The smallest absolute Gasteiger partial charge is 0.408 e. The first-order valence-electron chi connectivity index (χ1n) is 7.85. The van der Waals surface area contributed by atoms with Gasteiger partial charge >= 0.3 is 18.0 Å². The van der Waals surface area contributed by atoms with Gasteiger partial charge in [-0.3, -0.25) is 9.59 Å². The largest absolute Gasteiger partial charge is 0.456 e. The molecule has 4 atom stereocenters. The molecule has 1 rings (SSSR count). The number of esters is 2. The number of hydrogen-bond acceptors (Lipinski definition) is 8. The average molecular weight is 360 g/mol. The molecule has 25 heavy (non-hydrogen) atoms. The number of rotatable bonds is 5. The summed E-state index contributed by atoms with van der Waals surface area (Å²) in [5, 5.41) is 2.55.